The highest BCUT2D eigenvalue weighted by Crippen LogP contribution is 2.19. The van der Waals surface area contributed by atoms with Crippen molar-refractivity contribution in [3.05, 3.63) is 89.2 Å². The monoisotopic (exact) mass is 398 g/mol. The molecule has 4 aromatic rings. The summed E-state index contributed by atoms with van der Waals surface area (Å²) in [6.07, 6.45) is 1.69. The van der Waals surface area contributed by atoms with Gasteiger partial charge in [-0.2, -0.15) is 0 Å². The highest BCUT2D eigenvalue weighted by atomic mass is 16.2. The molecule has 0 fully saturated rings. The molecule has 4 rings (SSSR count). The van der Waals surface area contributed by atoms with Crippen LogP contribution in [0.2, 0.25) is 0 Å². The number of nitrogens with zero attached hydrogens (tertiary/aromatic N) is 2. The first kappa shape index (κ1) is 19.7. The second-order valence-corrected chi connectivity index (χ2v) is 7.67. The van der Waals surface area contributed by atoms with Crippen molar-refractivity contribution < 1.29 is 4.79 Å². The molecule has 0 spiro atoms. The van der Waals surface area contributed by atoms with Crippen molar-refractivity contribution in [3.63, 3.8) is 0 Å². The van der Waals surface area contributed by atoms with Gasteiger partial charge in [-0.25, -0.2) is 9.78 Å². The highest BCUT2D eigenvalue weighted by molar-refractivity contribution is 6.00. The van der Waals surface area contributed by atoms with Crippen molar-refractivity contribution in [1.29, 1.82) is 0 Å². The van der Waals surface area contributed by atoms with E-state index in [0.717, 1.165) is 57.8 Å². The summed E-state index contributed by atoms with van der Waals surface area (Å²) in [4.78, 5) is 17.2. The molecule has 2 amide bonds. The van der Waals surface area contributed by atoms with Gasteiger partial charge in [0.05, 0.1) is 11.0 Å². The molecule has 1 heterocycles. The van der Waals surface area contributed by atoms with Gasteiger partial charge in [-0.05, 0) is 67.3 Å². The molecular formula is C25H26N4O. The van der Waals surface area contributed by atoms with Crippen LogP contribution in [0.15, 0.2) is 66.7 Å². The second-order valence-electron chi connectivity index (χ2n) is 7.67. The standard InChI is InChI=1S/C25H26N4O/c1-17-11-12-18(2)22(15-17)28-25(30)26-20-8-6-7-19(16-20)13-14-24-27-21-9-4-5-10-23(21)29(24)3/h4-12,15-16H,13-14H2,1-3H3,(H2,26,28,30). The maximum atomic E-state index is 12.4. The lowest BCUT2D eigenvalue weighted by Gasteiger charge is -2.11. The largest absolute Gasteiger partial charge is 0.331 e. The Morgan fingerprint density at radius 3 is 2.60 bits per heavy atom. The lowest BCUT2D eigenvalue weighted by atomic mass is 10.1. The molecule has 0 bridgehead atoms. The number of benzene rings is 3. The SMILES string of the molecule is Cc1ccc(C)c(NC(=O)Nc2cccc(CCc3nc4ccccc4n3C)c2)c1. The topological polar surface area (TPSA) is 59.0 Å². The number of rotatable bonds is 5. The molecule has 0 aliphatic heterocycles. The van der Waals surface area contributed by atoms with E-state index in [2.05, 4.69) is 34.4 Å². The fourth-order valence-corrected chi connectivity index (χ4v) is 3.63. The number of anilines is 2. The summed E-state index contributed by atoms with van der Waals surface area (Å²) in [6, 6.07) is 21.9. The number of urea groups is 1. The minimum Gasteiger partial charge on any atom is -0.331 e. The number of carbonyl (C=O) groups excluding carboxylic acids is 1. The predicted octanol–water partition coefficient (Wildman–Crippen LogP) is 5.62. The minimum atomic E-state index is -0.240. The summed E-state index contributed by atoms with van der Waals surface area (Å²) in [6.45, 7) is 3.99. The van der Waals surface area contributed by atoms with E-state index in [4.69, 9.17) is 4.98 Å². The normalized spacial score (nSPS) is 10.9. The summed E-state index contributed by atoms with van der Waals surface area (Å²) < 4.78 is 2.15. The number of imidazole rings is 1. The molecule has 0 saturated heterocycles. The number of amides is 2. The van der Waals surface area contributed by atoms with Gasteiger partial charge in [-0.15, -0.1) is 0 Å². The molecule has 30 heavy (non-hydrogen) atoms. The lowest BCUT2D eigenvalue weighted by molar-refractivity contribution is 0.262. The molecule has 5 heteroatoms. The van der Waals surface area contributed by atoms with E-state index in [-0.39, 0.29) is 6.03 Å². The van der Waals surface area contributed by atoms with Crippen LogP contribution in [0.25, 0.3) is 11.0 Å². The fourth-order valence-electron chi connectivity index (χ4n) is 3.63. The number of aryl methyl sites for hydroxylation is 5. The smallest absolute Gasteiger partial charge is 0.323 e. The third kappa shape index (κ3) is 4.35. The van der Waals surface area contributed by atoms with Crippen molar-refractivity contribution in [2.75, 3.05) is 10.6 Å². The first-order valence-electron chi connectivity index (χ1n) is 10.1. The summed E-state index contributed by atoms with van der Waals surface area (Å²) in [7, 11) is 2.06. The Bertz CT molecular complexity index is 1210. The molecule has 1 aromatic heterocycles. The van der Waals surface area contributed by atoms with Gasteiger partial charge >= 0.3 is 6.03 Å². The first-order chi connectivity index (χ1) is 14.5. The van der Waals surface area contributed by atoms with Crippen LogP contribution in [0.5, 0.6) is 0 Å². The van der Waals surface area contributed by atoms with Crippen LogP contribution in [0.4, 0.5) is 16.2 Å². The number of para-hydroxylation sites is 2. The number of hydrogen-bond acceptors (Lipinski definition) is 2. The van der Waals surface area contributed by atoms with Crippen molar-refractivity contribution in [3.8, 4) is 0 Å². The predicted molar refractivity (Wildman–Crippen MR) is 123 cm³/mol. The lowest BCUT2D eigenvalue weighted by Crippen LogP contribution is -2.20. The Labute approximate surface area is 176 Å². The van der Waals surface area contributed by atoms with Gasteiger partial charge in [-0.1, -0.05) is 36.4 Å². The maximum Gasteiger partial charge on any atom is 0.323 e. The van der Waals surface area contributed by atoms with Crippen molar-refractivity contribution in [2.24, 2.45) is 7.05 Å². The number of aromatic nitrogens is 2. The number of fused-ring (bicyclic) bond motifs is 1. The third-order valence-corrected chi connectivity index (χ3v) is 5.34. The van der Waals surface area contributed by atoms with Gasteiger partial charge in [0.1, 0.15) is 5.82 Å². The Hall–Kier alpha value is -3.60. The molecule has 0 saturated carbocycles. The molecule has 3 aromatic carbocycles. The minimum absolute atomic E-state index is 0.240. The van der Waals surface area contributed by atoms with E-state index >= 15 is 0 Å². The number of nitrogens with one attached hydrogen (secondary N) is 2. The van der Waals surface area contributed by atoms with Crippen LogP contribution in [-0.2, 0) is 19.9 Å². The van der Waals surface area contributed by atoms with Gasteiger partial charge in [0.15, 0.2) is 0 Å². The number of hydrogen-bond donors (Lipinski definition) is 2. The van der Waals surface area contributed by atoms with Gasteiger partial charge in [0.25, 0.3) is 0 Å². The number of carbonyl (C=O) groups is 1. The van der Waals surface area contributed by atoms with Gasteiger partial charge < -0.3 is 15.2 Å². The molecule has 0 unspecified atom stereocenters. The molecule has 152 valence electrons. The zero-order valence-electron chi connectivity index (χ0n) is 17.6. The third-order valence-electron chi connectivity index (χ3n) is 5.34. The van der Waals surface area contributed by atoms with Crippen LogP contribution < -0.4 is 10.6 Å². The van der Waals surface area contributed by atoms with E-state index < -0.39 is 0 Å². The molecule has 0 aliphatic carbocycles. The van der Waals surface area contributed by atoms with Crippen molar-refractivity contribution in [1.82, 2.24) is 9.55 Å². The van der Waals surface area contributed by atoms with Gasteiger partial charge in [-0.3, -0.25) is 0 Å². The second kappa shape index (κ2) is 8.41. The summed E-state index contributed by atoms with van der Waals surface area (Å²) in [5.74, 6) is 1.06. The van der Waals surface area contributed by atoms with E-state index in [0.29, 0.717) is 0 Å². The van der Waals surface area contributed by atoms with E-state index in [9.17, 15) is 4.79 Å². The maximum absolute atomic E-state index is 12.4. The van der Waals surface area contributed by atoms with Gasteiger partial charge in [0.2, 0.25) is 0 Å². The van der Waals surface area contributed by atoms with Crippen LogP contribution in [-0.4, -0.2) is 15.6 Å². The van der Waals surface area contributed by atoms with Crippen LogP contribution in [0, 0.1) is 13.8 Å². The summed E-state index contributed by atoms with van der Waals surface area (Å²) in [5.41, 5.74) is 7.07. The zero-order valence-corrected chi connectivity index (χ0v) is 17.6. The quantitative estimate of drug-likeness (QED) is 0.458. The molecule has 5 nitrogen and oxygen atoms in total. The Kier molecular flexibility index (Phi) is 5.53. The van der Waals surface area contributed by atoms with Crippen LogP contribution in [0.1, 0.15) is 22.5 Å². The molecule has 0 radical (unpaired) electrons. The van der Waals surface area contributed by atoms with E-state index in [1.165, 1.54) is 0 Å². The summed E-state index contributed by atoms with van der Waals surface area (Å²) >= 11 is 0. The highest BCUT2D eigenvalue weighted by Gasteiger charge is 2.09. The zero-order chi connectivity index (χ0) is 21.1. The van der Waals surface area contributed by atoms with Gasteiger partial charge in [0, 0.05) is 24.8 Å². The average Bonchev–Trinajstić information content (AvgIpc) is 3.05. The Morgan fingerprint density at radius 1 is 0.933 bits per heavy atom. The Balaban J connectivity index is 1.41. The van der Waals surface area contributed by atoms with Crippen molar-refractivity contribution in [2.45, 2.75) is 26.7 Å². The van der Waals surface area contributed by atoms with Crippen molar-refractivity contribution >= 4 is 28.4 Å². The molecule has 0 atom stereocenters. The molecular weight excluding hydrogens is 372 g/mol. The molecule has 2 N–H and O–H groups in total. The fraction of sp³-hybridized carbons (Fsp3) is 0.200. The van der Waals surface area contributed by atoms with E-state index in [1.54, 1.807) is 0 Å². The van der Waals surface area contributed by atoms with Crippen LogP contribution >= 0.6 is 0 Å². The first-order valence-corrected chi connectivity index (χ1v) is 10.1. The van der Waals surface area contributed by atoms with Crippen LogP contribution in [0.3, 0.4) is 0 Å². The average molecular weight is 399 g/mol. The van der Waals surface area contributed by atoms with E-state index in [1.807, 2.05) is 68.4 Å². The molecule has 0 aliphatic rings. The Morgan fingerprint density at radius 2 is 1.77 bits per heavy atom. The summed E-state index contributed by atoms with van der Waals surface area (Å²) in [5, 5.41) is 5.87.